The number of amides is 4. The Labute approximate surface area is 259 Å². The van der Waals surface area contributed by atoms with Crippen molar-refractivity contribution in [2.75, 3.05) is 11.4 Å². The van der Waals surface area contributed by atoms with E-state index in [1.165, 1.54) is 39.9 Å². The Kier molecular flexibility index (Phi) is 7.76. The maximum atomic E-state index is 14.3. The number of aromatic nitrogens is 2. The van der Waals surface area contributed by atoms with Crippen LogP contribution in [0.3, 0.4) is 0 Å². The van der Waals surface area contributed by atoms with Crippen molar-refractivity contribution in [3.63, 3.8) is 0 Å². The van der Waals surface area contributed by atoms with Gasteiger partial charge in [0.25, 0.3) is 23.6 Å². The van der Waals surface area contributed by atoms with E-state index in [-0.39, 0.29) is 24.3 Å². The van der Waals surface area contributed by atoms with Crippen molar-refractivity contribution in [1.29, 1.82) is 0 Å². The highest BCUT2D eigenvalue weighted by molar-refractivity contribution is 6.13. The number of benzene rings is 3. The summed E-state index contributed by atoms with van der Waals surface area (Å²) < 4.78 is 56.0. The van der Waals surface area contributed by atoms with Crippen LogP contribution in [0.4, 0.5) is 23.4 Å². The lowest BCUT2D eigenvalue weighted by atomic mass is 9.80. The van der Waals surface area contributed by atoms with Crippen LogP contribution in [0, 0.1) is 5.82 Å². The Morgan fingerprint density at radius 3 is 2.20 bits per heavy atom. The largest absolute Gasteiger partial charge is 0.416 e. The van der Waals surface area contributed by atoms with Gasteiger partial charge >= 0.3 is 6.18 Å². The first-order chi connectivity index (χ1) is 22.0. The second-order valence-corrected chi connectivity index (χ2v) is 10.7. The second-order valence-electron chi connectivity index (χ2n) is 10.7. The van der Waals surface area contributed by atoms with Crippen LogP contribution in [0.15, 0.2) is 91.0 Å². The number of hydrogen-bond donors (Lipinski definition) is 1. The molecule has 4 aromatic rings. The highest BCUT2D eigenvalue weighted by atomic mass is 19.4. The Morgan fingerprint density at radius 1 is 0.891 bits per heavy atom. The van der Waals surface area contributed by atoms with Gasteiger partial charge in [0.15, 0.2) is 0 Å². The van der Waals surface area contributed by atoms with Crippen LogP contribution in [0.2, 0.25) is 0 Å². The Balaban J connectivity index is 1.54. The zero-order valence-electron chi connectivity index (χ0n) is 24.2. The molecule has 234 valence electrons. The molecule has 0 saturated carbocycles. The monoisotopic (exact) mass is 631 g/mol. The number of halogens is 4. The van der Waals surface area contributed by atoms with E-state index >= 15 is 0 Å². The van der Waals surface area contributed by atoms with Gasteiger partial charge in [0.1, 0.15) is 17.7 Å². The highest BCUT2D eigenvalue weighted by Gasteiger charge is 2.47. The van der Waals surface area contributed by atoms with Gasteiger partial charge < -0.3 is 5.32 Å². The quantitative estimate of drug-likeness (QED) is 0.234. The van der Waals surface area contributed by atoms with Gasteiger partial charge in [-0.15, -0.1) is 0 Å². The summed E-state index contributed by atoms with van der Waals surface area (Å²) in [6.45, 7) is 1.51. The van der Waals surface area contributed by atoms with Crippen molar-refractivity contribution in [2.24, 2.45) is 0 Å². The van der Waals surface area contributed by atoms with Gasteiger partial charge in [-0.25, -0.2) is 9.07 Å². The van der Waals surface area contributed by atoms with Crippen molar-refractivity contribution < 1.29 is 36.7 Å². The van der Waals surface area contributed by atoms with Crippen molar-refractivity contribution in [3.8, 4) is 5.69 Å². The average molecular weight is 632 g/mol. The lowest BCUT2D eigenvalue weighted by Gasteiger charge is -2.38. The van der Waals surface area contributed by atoms with E-state index in [9.17, 15) is 36.7 Å². The standard InChI is InChI=1S/C33H25F4N5O4/c1-2-40-31-28(24(18-41-25(43)15-16-26(41)44)39-42(31)23-9-4-3-5-10-23)27(19-11-13-22(34)14-12-19)29(32(40)46)38-30(45)20-7-6-8-21(17-20)33(35,36)37/h3-17,27,29H,2,18H2,1H3,(H,38,45)/t27-,29-/m0/s1. The fourth-order valence-corrected chi connectivity index (χ4v) is 5.77. The molecule has 0 bridgehead atoms. The number of likely N-dealkylation sites (N-methyl/N-ethyl adjacent to an activating group) is 1. The number of anilines is 1. The Hall–Kier alpha value is -5.59. The summed E-state index contributed by atoms with van der Waals surface area (Å²) in [4.78, 5) is 55.4. The van der Waals surface area contributed by atoms with Crippen LogP contribution < -0.4 is 10.2 Å². The molecule has 4 amide bonds. The molecule has 0 unspecified atom stereocenters. The van der Waals surface area contributed by atoms with Gasteiger partial charge in [-0.2, -0.15) is 18.3 Å². The third-order valence-corrected chi connectivity index (χ3v) is 7.90. The number of rotatable bonds is 7. The van der Waals surface area contributed by atoms with E-state index in [1.807, 2.05) is 0 Å². The fraction of sp³-hybridized carbons (Fsp3) is 0.182. The summed E-state index contributed by atoms with van der Waals surface area (Å²) in [5.74, 6) is -3.98. The normalized spacial score (nSPS) is 17.9. The lowest BCUT2D eigenvalue weighted by molar-refractivity contribution is -0.138. The molecular weight excluding hydrogens is 606 g/mol. The molecule has 0 spiro atoms. The molecule has 3 aromatic carbocycles. The number of carbonyl (C=O) groups excluding carboxylic acids is 4. The van der Waals surface area contributed by atoms with E-state index in [0.717, 1.165) is 29.2 Å². The summed E-state index contributed by atoms with van der Waals surface area (Å²) in [7, 11) is 0. The second kappa shape index (κ2) is 11.7. The molecule has 46 heavy (non-hydrogen) atoms. The smallest absolute Gasteiger partial charge is 0.339 e. The van der Waals surface area contributed by atoms with Crippen molar-refractivity contribution in [1.82, 2.24) is 20.0 Å². The Morgan fingerprint density at radius 2 is 1.57 bits per heavy atom. The van der Waals surface area contributed by atoms with E-state index in [0.29, 0.717) is 28.7 Å². The molecule has 0 saturated heterocycles. The third-order valence-electron chi connectivity index (χ3n) is 7.90. The number of imide groups is 1. The summed E-state index contributed by atoms with van der Waals surface area (Å²) in [5.41, 5.74) is 0.169. The van der Waals surface area contributed by atoms with Gasteiger partial charge in [0.05, 0.1) is 23.5 Å². The minimum absolute atomic E-state index is 0.0962. The van der Waals surface area contributed by atoms with E-state index < -0.39 is 53.1 Å². The van der Waals surface area contributed by atoms with Crippen molar-refractivity contribution >= 4 is 29.4 Å². The van der Waals surface area contributed by atoms with Crippen LogP contribution in [0.1, 0.15) is 45.6 Å². The van der Waals surface area contributed by atoms with Crippen molar-refractivity contribution in [2.45, 2.75) is 31.6 Å². The predicted octanol–water partition coefficient (Wildman–Crippen LogP) is 4.75. The molecule has 9 nitrogen and oxygen atoms in total. The zero-order valence-corrected chi connectivity index (χ0v) is 24.2. The molecule has 2 atom stereocenters. The van der Waals surface area contributed by atoms with Crippen LogP contribution in [-0.4, -0.2) is 50.9 Å². The maximum absolute atomic E-state index is 14.3. The summed E-state index contributed by atoms with van der Waals surface area (Å²) in [5, 5.41) is 7.40. The first-order valence-corrected chi connectivity index (χ1v) is 14.2. The van der Waals surface area contributed by atoms with Gasteiger partial charge in [0, 0.05) is 35.7 Å². The molecule has 3 heterocycles. The lowest BCUT2D eigenvalue weighted by Crippen LogP contribution is -2.55. The number of alkyl halides is 3. The van der Waals surface area contributed by atoms with Gasteiger partial charge in [-0.3, -0.25) is 29.0 Å². The highest BCUT2D eigenvalue weighted by Crippen LogP contribution is 2.44. The number of fused-ring (bicyclic) bond motifs is 1. The van der Waals surface area contributed by atoms with E-state index in [4.69, 9.17) is 5.10 Å². The summed E-state index contributed by atoms with van der Waals surface area (Å²) in [6, 6.07) is 16.4. The first kappa shape index (κ1) is 30.4. The van der Waals surface area contributed by atoms with Crippen LogP contribution >= 0.6 is 0 Å². The Bertz CT molecular complexity index is 1870. The third kappa shape index (κ3) is 5.44. The summed E-state index contributed by atoms with van der Waals surface area (Å²) in [6.07, 6.45) is -2.46. The topological polar surface area (TPSA) is 105 Å². The molecular formula is C33H25F4N5O4. The minimum Gasteiger partial charge on any atom is -0.339 e. The van der Waals surface area contributed by atoms with Gasteiger partial charge in [0.2, 0.25) is 0 Å². The predicted molar refractivity (Wildman–Crippen MR) is 157 cm³/mol. The molecule has 1 N–H and O–H groups in total. The molecule has 1 aromatic heterocycles. The SMILES string of the molecule is CCN1C(=O)[C@@H](NC(=O)c2cccc(C(F)(F)F)c2)[C@@H](c2ccc(F)cc2)c2c(CN3C(=O)C=CC3=O)nn(-c3ccccc3)c21. The average Bonchev–Trinajstić information content (AvgIpc) is 3.57. The fourth-order valence-electron chi connectivity index (χ4n) is 5.77. The van der Waals surface area contributed by atoms with E-state index in [2.05, 4.69) is 5.32 Å². The molecule has 0 aliphatic carbocycles. The number of nitrogens with zero attached hydrogens (tertiary/aromatic N) is 4. The van der Waals surface area contributed by atoms with Gasteiger partial charge in [-0.1, -0.05) is 36.4 Å². The summed E-state index contributed by atoms with van der Waals surface area (Å²) >= 11 is 0. The number of para-hydroxylation sites is 1. The number of hydrogen-bond acceptors (Lipinski definition) is 5. The van der Waals surface area contributed by atoms with E-state index in [1.54, 1.807) is 37.3 Å². The van der Waals surface area contributed by atoms with Crippen LogP contribution in [0.5, 0.6) is 0 Å². The van der Waals surface area contributed by atoms with Gasteiger partial charge in [-0.05, 0) is 55.0 Å². The van der Waals surface area contributed by atoms with Crippen LogP contribution in [-0.2, 0) is 27.1 Å². The molecule has 6 rings (SSSR count). The first-order valence-electron chi connectivity index (χ1n) is 14.2. The molecule has 0 radical (unpaired) electrons. The molecule has 2 aliphatic heterocycles. The number of carbonyl (C=O) groups is 4. The zero-order chi connectivity index (χ0) is 32.7. The van der Waals surface area contributed by atoms with Crippen LogP contribution in [0.25, 0.3) is 5.69 Å². The molecule has 0 fully saturated rings. The molecule has 2 aliphatic rings. The van der Waals surface area contributed by atoms with Crippen molar-refractivity contribution in [3.05, 3.63) is 125 Å². The minimum atomic E-state index is -4.71. The molecule has 13 heteroatoms. The number of nitrogens with one attached hydrogen (secondary N) is 1. The maximum Gasteiger partial charge on any atom is 0.416 e.